The molecule has 0 atom stereocenters. The van der Waals surface area contributed by atoms with Crippen molar-refractivity contribution in [2.75, 3.05) is 48.1 Å². The van der Waals surface area contributed by atoms with Crippen LogP contribution >= 0.6 is 0 Å². The Labute approximate surface area is 246 Å². The van der Waals surface area contributed by atoms with Crippen LogP contribution in [0.4, 0.5) is 22.7 Å². The average Bonchev–Trinajstić information content (AvgIpc) is 3.03. The maximum Gasteiger partial charge on any atom is 0.330 e. The van der Waals surface area contributed by atoms with Gasteiger partial charge in [0.1, 0.15) is 11.5 Å². The highest BCUT2D eigenvalue weighted by atomic mass is 16.5. The third kappa shape index (κ3) is 12.4. The van der Waals surface area contributed by atoms with Gasteiger partial charge in [-0.25, -0.2) is 9.59 Å². The lowest BCUT2D eigenvalue weighted by atomic mass is 10.3. The molecule has 0 amide bonds. The molecule has 0 radical (unpaired) electrons. The Bertz CT molecular complexity index is 1150. The second-order valence-electron chi connectivity index (χ2n) is 8.98. The summed E-state index contributed by atoms with van der Waals surface area (Å²) in [5.74, 6) is 0.737. The van der Waals surface area contributed by atoms with Crippen molar-refractivity contribution in [1.29, 1.82) is 0 Å². The van der Waals surface area contributed by atoms with Crippen LogP contribution in [0.5, 0.6) is 11.5 Å². The van der Waals surface area contributed by atoms with Gasteiger partial charge in [-0.05, 0) is 98.5 Å². The highest BCUT2D eigenvalue weighted by Gasteiger charge is 2.01. The molecule has 0 bridgehead atoms. The van der Waals surface area contributed by atoms with Crippen molar-refractivity contribution in [1.82, 2.24) is 0 Å². The molecule has 0 saturated carbocycles. The number of benzene rings is 3. The van der Waals surface area contributed by atoms with Crippen LogP contribution in [0.3, 0.4) is 0 Å². The fourth-order valence-electron chi connectivity index (χ4n) is 3.45. The predicted molar refractivity (Wildman–Crippen MR) is 166 cm³/mol. The molecule has 222 valence electrons. The molecule has 42 heavy (non-hydrogen) atoms. The zero-order valence-corrected chi connectivity index (χ0v) is 23.6. The summed E-state index contributed by atoms with van der Waals surface area (Å²) >= 11 is 0. The summed E-state index contributed by atoms with van der Waals surface area (Å²) in [6, 6.07) is 23.1. The second kappa shape index (κ2) is 18.3. The molecule has 3 rings (SSSR count). The van der Waals surface area contributed by atoms with Crippen LogP contribution in [0.2, 0.25) is 0 Å². The van der Waals surface area contributed by atoms with Crippen LogP contribution in [-0.4, -0.2) is 38.4 Å². The van der Waals surface area contributed by atoms with E-state index in [2.05, 4.69) is 34.9 Å². The molecule has 0 aliphatic heterocycles. The van der Waals surface area contributed by atoms with Gasteiger partial charge >= 0.3 is 11.9 Å². The minimum absolute atomic E-state index is 0.363. The standard InChI is InChI=1S/C32H38N4O6/c1-3-31(37)41-23-7-5-21-39-29-17-13-27(14-18-29)35-33-25-9-11-26(12-10-25)34-36-28-15-19-30(20-16-28)40-22-6-8-24-42-32(38)4-2/h3-4,9-20,33-36H,1-2,5-8,21-24H2. The number of anilines is 4. The lowest BCUT2D eigenvalue weighted by Crippen LogP contribution is -2.10. The van der Waals surface area contributed by atoms with Gasteiger partial charge in [-0.1, -0.05) is 13.2 Å². The van der Waals surface area contributed by atoms with Crippen molar-refractivity contribution in [3.05, 3.63) is 98.1 Å². The van der Waals surface area contributed by atoms with Gasteiger partial charge in [0.2, 0.25) is 0 Å². The molecule has 0 aliphatic carbocycles. The maximum atomic E-state index is 11.0. The van der Waals surface area contributed by atoms with Crippen LogP contribution in [0.1, 0.15) is 25.7 Å². The van der Waals surface area contributed by atoms with Gasteiger partial charge < -0.3 is 40.7 Å². The van der Waals surface area contributed by atoms with Gasteiger partial charge in [0.25, 0.3) is 0 Å². The highest BCUT2D eigenvalue weighted by molar-refractivity contribution is 5.81. The number of unbranched alkanes of at least 4 members (excludes halogenated alkanes) is 2. The van der Waals surface area contributed by atoms with Crippen molar-refractivity contribution in [3.8, 4) is 11.5 Å². The maximum absolute atomic E-state index is 11.0. The zero-order valence-electron chi connectivity index (χ0n) is 23.6. The molecular formula is C32H38N4O6. The van der Waals surface area contributed by atoms with E-state index >= 15 is 0 Å². The molecule has 3 aromatic rings. The average molecular weight is 575 g/mol. The SMILES string of the molecule is C=CC(=O)OCCCCOc1ccc(NNc2ccc(NNc3ccc(OCCCCOC(=O)C=C)cc3)cc2)cc1. The molecule has 0 fully saturated rings. The number of carbonyl (C=O) groups is 2. The van der Waals surface area contributed by atoms with E-state index in [1.54, 1.807) is 0 Å². The lowest BCUT2D eigenvalue weighted by molar-refractivity contribution is -0.138. The Hall–Kier alpha value is -5.12. The second-order valence-corrected chi connectivity index (χ2v) is 8.98. The van der Waals surface area contributed by atoms with Crippen molar-refractivity contribution in [2.24, 2.45) is 0 Å². The monoisotopic (exact) mass is 574 g/mol. The summed E-state index contributed by atoms with van der Waals surface area (Å²) in [6.07, 6.45) is 5.35. The number of nitrogens with one attached hydrogen (secondary N) is 4. The minimum atomic E-state index is -0.404. The van der Waals surface area contributed by atoms with Crippen molar-refractivity contribution < 1.29 is 28.5 Å². The number of rotatable bonds is 20. The van der Waals surface area contributed by atoms with Gasteiger partial charge in [0.05, 0.1) is 49.2 Å². The van der Waals surface area contributed by atoms with Crippen molar-refractivity contribution in [2.45, 2.75) is 25.7 Å². The Morgan fingerprint density at radius 1 is 0.500 bits per heavy atom. The molecule has 0 spiro atoms. The van der Waals surface area contributed by atoms with E-state index in [0.29, 0.717) is 26.4 Å². The fourth-order valence-corrected chi connectivity index (χ4v) is 3.45. The zero-order chi connectivity index (χ0) is 29.8. The first-order chi connectivity index (χ1) is 20.6. The summed E-state index contributed by atoms with van der Waals surface area (Å²) < 4.78 is 21.3. The van der Waals surface area contributed by atoms with Gasteiger partial charge in [0.15, 0.2) is 0 Å². The topological polar surface area (TPSA) is 119 Å². The van der Waals surface area contributed by atoms with Gasteiger partial charge in [-0.2, -0.15) is 0 Å². The Balaban J connectivity index is 1.29. The molecule has 0 saturated heterocycles. The van der Waals surface area contributed by atoms with Gasteiger partial charge in [-0.3, -0.25) is 0 Å². The van der Waals surface area contributed by atoms with E-state index in [-0.39, 0.29) is 0 Å². The minimum Gasteiger partial charge on any atom is -0.494 e. The lowest BCUT2D eigenvalue weighted by Gasteiger charge is -2.13. The van der Waals surface area contributed by atoms with Crippen LogP contribution in [0.25, 0.3) is 0 Å². The Morgan fingerprint density at radius 3 is 1.10 bits per heavy atom. The molecular weight excluding hydrogens is 536 g/mol. The molecule has 10 nitrogen and oxygen atoms in total. The quantitative estimate of drug-likeness (QED) is 0.0527. The van der Waals surface area contributed by atoms with Crippen molar-refractivity contribution in [3.63, 3.8) is 0 Å². The number of carbonyl (C=O) groups excluding carboxylic acids is 2. The normalized spacial score (nSPS) is 10.1. The Morgan fingerprint density at radius 2 is 0.786 bits per heavy atom. The fraction of sp³-hybridized carbons (Fsp3) is 0.250. The highest BCUT2D eigenvalue weighted by Crippen LogP contribution is 2.19. The first-order valence-electron chi connectivity index (χ1n) is 13.7. The molecule has 3 aromatic carbocycles. The Kier molecular flexibility index (Phi) is 13.7. The third-order valence-corrected chi connectivity index (χ3v) is 5.73. The first kappa shape index (κ1) is 31.4. The van der Waals surface area contributed by atoms with Crippen LogP contribution in [0.15, 0.2) is 98.1 Å². The molecule has 0 unspecified atom stereocenters. The van der Waals surface area contributed by atoms with Crippen LogP contribution in [0, 0.1) is 0 Å². The summed E-state index contributed by atoms with van der Waals surface area (Å²) in [6.45, 7) is 8.55. The van der Waals surface area contributed by atoms with E-state index in [1.165, 1.54) is 0 Å². The smallest absolute Gasteiger partial charge is 0.330 e. The number of hydrogen-bond acceptors (Lipinski definition) is 10. The van der Waals surface area contributed by atoms with Gasteiger partial charge in [-0.15, -0.1) is 0 Å². The molecule has 4 N–H and O–H groups in total. The summed E-state index contributed by atoms with van der Waals surface area (Å²) in [7, 11) is 0. The van der Waals surface area contributed by atoms with E-state index in [1.807, 2.05) is 72.8 Å². The van der Waals surface area contributed by atoms with E-state index in [9.17, 15) is 9.59 Å². The summed E-state index contributed by atoms with van der Waals surface area (Å²) in [5.41, 5.74) is 16.3. The van der Waals surface area contributed by atoms with E-state index in [4.69, 9.17) is 18.9 Å². The van der Waals surface area contributed by atoms with E-state index < -0.39 is 11.9 Å². The first-order valence-corrected chi connectivity index (χ1v) is 13.7. The number of hydrogen-bond donors (Lipinski definition) is 4. The van der Waals surface area contributed by atoms with E-state index in [0.717, 1.165) is 72.1 Å². The van der Waals surface area contributed by atoms with Crippen molar-refractivity contribution >= 4 is 34.7 Å². The van der Waals surface area contributed by atoms with Crippen LogP contribution in [-0.2, 0) is 19.1 Å². The molecule has 10 heteroatoms. The molecule has 0 heterocycles. The molecule has 0 aromatic heterocycles. The number of esters is 2. The number of ether oxygens (including phenoxy) is 4. The summed E-state index contributed by atoms with van der Waals surface area (Å²) in [5, 5.41) is 0. The predicted octanol–water partition coefficient (Wildman–Crippen LogP) is 6.34. The van der Waals surface area contributed by atoms with Gasteiger partial charge in [0, 0.05) is 12.2 Å². The largest absolute Gasteiger partial charge is 0.494 e. The number of hydrazine groups is 2. The van der Waals surface area contributed by atoms with Crippen LogP contribution < -0.4 is 31.2 Å². The third-order valence-electron chi connectivity index (χ3n) is 5.73. The summed E-state index contributed by atoms with van der Waals surface area (Å²) in [4.78, 5) is 22.0. The molecule has 0 aliphatic rings.